The molecule has 6 heteroatoms. The molecule has 0 radical (unpaired) electrons. The molecule has 0 unspecified atom stereocenters. The number of nitrogens with two attached hydrogens (primary N) is 1. The molecule has 1 heterocycles. The number of aliphatic hydroxyl groups is 1. The Morgan fingerprint density at radius 1 is 1.36 bits per heavy atom. The van der Waals surface area contributed by atoms with E-state index < -0.39 is 0 Å². The third kappa shape index (κ3) is 4.08. The number of hydrogen-bond acceptors (Lipinski definition) is 4. The Balaban J connectivity index is 2.05. The van der Waals surface area contributed by atoms with Crippen LogP contribution in [0, 0.1) is 13.8 Å². The van der Waals surface area contributed by atoms with Gasteiger partial charge >= 0.3 is 0 Å². The van der Waals surface area contributed by atoms with Gasteiger partial charge in [0.1, 0.15) is 12.4 Å². The lowest BCUT2D eigenvalue weighted by Gasteiger charge is -2.18. The van der Waals surface area contributed by atoms with Crippen molar-refractivity contribution in [1.29, 1.82) is 0 Å². The molecule has 1 aromatic carbocycles. The molecule has 0 bridgehead atoms. The minimum absolute atomic E-state index is 0.00183. The maximum absolute atomic E-state index is 12.2. The van der Waals surface area contributed by atoms with Crippen molar-refractivity contribution in [2.24, 2.45) is 0 Å². The smallest absolute Gasteiger partial charge is 0.242 e. The SMILES string of the molecule is Cc1ccc([C@H](CCO)NC(=O)Cn2nc(C)cc2N)cc1. The summed E-state index contributed by atoms with van der Waals surface area (Å²) in [7, 11) is 0. The van der Waals surface area contributed by atoms with E-state index in [0.717, 1.165) is 16.8 Å². The Morgan fingerprint density at radius 3 is 2.59 bits per heavy atom. The first kappa shape index (κ1) is 16.0. The molecule has 6 nitrogen and oxygen atoms in total. The van der Waals surface area contributed by atoms with E-state index in [4.69, 9.17) is 5.73 Å². The first-order valence-electron chi connectivity index (χ1n) is 7.26. The zero-order valence-corrected chi connectivity index (χ0v) is 12.9. The maximum atomic E-state index is 12.2. The van der Waals surface area contributed by atoms with Crippen LogP contribution in [0.25, 0.3) is 0 Å². The van der Waals surface area contributed by atoms with Crippen LogP contribution < -0.4 is 11.1 Å². The highest BCUT2D eigenvalue weighted by Gasteiger charge is 2.15. The molecule has 0 saturated carbocycles. The highest BCUT2D eigenvalue weighted by atomic mass is 16.3. The molecule has 4 N–H and O–H groups in total. The van der Waals surface area contributed by atoms with E-state index >= 15 is 0 Å². The lowest BCUT2D eigenvalue weighted by molar-refractivity contribution is -0.122. The molecule has 1 atom stereocenters. The predicted octanol–water partition coefficient (Wildman–Crippen LogP) is 1.32. The summed E-state index contributed by atoms with van der Waals surface area (Å²) in [5.41, 5.74) is 8.68. The van der Waals surface area contributed by atoms with E-state index in [9.17, 15) is 9.90 Å². The molecule has 22 heavy (non-hydrogen) atoms. The Kier molecular flexibility index (Phi) is 5.16. The van der Waals surface area contributed by atoms with Gasteiger partial charge in [0.2, 0.25) is 5.91 Å². The number of anilines is 1. The fraction of sp³-hybridized carbons (Fsp3) is 0.375. The monoisotopic (exact) mass is 302 g/mol. The number of carbonyl (C=O) groups excluding carboxylic acids is 1. The average molecular weight is 302 g/mol. The summed E-state index contributed by atoms with van der Waals surface area (Å²) < 4.78 is 1.47. The summed E-state index contributed by atoms with van der Waals surface area (Å²) in [6, 6.07) is 9.39. The lowest BCUT2D eigenvalue weighted by atomic mass is 10.0. The molecular formula is C16H22N4O2. The normalized spacial score (nSPS) is 12.1. The zero-order chi connectivity index (χ0) is 16.1. The third-order valence-corrected chi connectivity index (χ3v) is 3.46. The molecule has 0 aliphatic rings. The fourth-order valence-corrected chi connectivity index (χ4v) is 2.32. The van der Waals surface area contributed by atoms with E-state index in [0.29, 0.717) is 12.2 Å². The van der Waals surface area contributed by atoms with Gasteiger partial charge in [0.25, 0.3) is 0 Å². The first-order chi connectivity index (χ1) is 10.5. The summed E-state index contributed by atoms with van der Waals surface area (Å²) in [6.45, 7) is 3.90. The second kappa shape index (κ2) is 7.09. The van der Waals surface area contributed by atoms with Crippen LogP contribution in [0.1, 0.15) is 29.3 Å². The van der Waals surface area contributed by atoms with E-state index in [1.165, 1.54) is 4.68 Å². The molecule has 0 spiro atoms. The van der Waals surface area contributed by atoms with Crippen molar-refractivity contribution in [3.8, 4) is 0 Å². The first-order valence-corrected chi connectivity index (χ1v) is 7.26. The number of nitrogens with one attached hydrogen (secondary N) is 1. The highest BCUT2D eigenvalue weighted by molar-refractivity contribution is 5.76. The molecule has 2 rings (SSSR count). The summed E-state index contributed by atoms with van der Waals surface area (Å²) in [5.74, 6) is 0.274. The van der Waals surface area contributed by atoms with Crippen LogP contribution in [0.3, 0.4) is 0 Å². The van der Waals surface area contributed by atoms with Gasteiger partial charge in [-0.25, -0.2) is 4.68 Å². The van der Waals surface area contributed by atoms with Crippen LogP contribution in [-0.2, 0) is 11.3 Å². The van der Waals surface area contributed by atoms with E-state index in [2.05, 4.69) is 10.4 Å². The Bertz CT molecular complexity index is 634. The minimum atomic E-state index is -0.226. The number of benzene rings is 1. The van der Waals surface area contributed by atoms with Gasteiger partial charge in [0.15, 0.2) is 0 Å². The van der Waals surface area contributed by atoms with Gasteiger partial charge in [-0.1, -0.05) is 29.8 Å². The van der Waals surface area contributed by atoms with Crippen LogP contribution >= 0.6 is 0 Å². The largest absolute Gasteiger partial charge is 0.396 e. The number of hydrogen-bond donors (Lipinski definition) is 3. The molecule has 118 valence electrons. The van der Waals surface area contributed by atoms with Gasteiger partial charge < -0.3 is 16.2 Å². The molecule has 1 amide bonds. The van der Waals surface area contributed by atoms with Crippen molar-refractivity contribution in [2.75, 3.05) is 12.3 Å². The van der Waals surface area contributed by atoms with Crippen molar-refractivity contribution in [3.05, 3.63) is 47.2 Å². The average Bonchev–Trinajstić information content (AvgIpc) is 2.77. The van der Waals surface area contributed by atoms with Crippen molar-refractivity contribution >= 4 is 11.7 Å². The van der Waals surface area contributed by atoms with Gasteiger partial charge in [-0.2, -0.15) is 5.10 Å². The van der Waals surface area contributed by atoms with Gasteiger partial charge in [-0.05, 0) is 25.8 Å². The van der Waals surface area contributed by atoms with Crippen LogP contribution in [-0.4, -0.2) is 27.4 Å². The van der Waals surface area contributed by atoms with Gasteiger partial charge in [-0.3, -0.25) is 4.79 Å². The molecule has 0 aliphatic carbocycles. The number of nitrogen functional groups attached to an aromatic ring is 1. The number of nitrogens with zero attached hydrogens (tertiary/aromatic N) is 2. The van der Waals surface area contributed by atoms with Crippen LogP contribution in [0.15, 0.2) is 30.3 Å². The molecule has 0 aliphatic heterocycles. The second-order valence-corrected chi connectivity index (χ2v) is 5.41. The molecule has 0 saturated heterocycles. The van der Waals surface area contributed by atoms with E-state index in [1.54, 1.807) is 6.07 Å². The number of amides is 1. The van der Waals surface area contributed by atoms with E-state index in [1.807, 2.05) is 38.1 Å². The summed E-state index contributed by atoms with van der Waals surface area (Å²) in [4.78, 5) is 12.2. The number of carbonyl (C=O) groups is 1. The lowest BCUT2D eigenvalue weighted by Crippen LogP contribution is -2.32. The molecular weight excluding hydrogens is 280 g/mol. The van der Waals surface area contributed by atoms with Crippen molar-refractivity contribution in [1.82, 2.24) is 15.1 Å². The summed E-state index contributed by atoms with van der Waals surface area (Å²) >= 11 is 0. The quantitative estimate of drug-likeness (QED) is 0.750. The van der Waals surface area contributed by atoms with Gasteiger partial charge in [-0.15, -0.1) is 0 Å². The fourth-order valence-electron chi connectivity index (χ4n) is 2.32. The summed E-state index contributed by atoms with van der Waals surface area (Å²) in [6.07, 6.45) is 0.461. The topological polar surface area (TPSA) is 93.2 Å². The Labute approximate surface area is 129 Å². The number of aliphatic hydroxyl groups excluding tert-OH is 1. The highest BCUT2D eigenvalue weighted by Crippen LogP contribution is 2.17. The van der Waals surface area contributed by atoms with E-state index in [-0.39, 0.29) is 25.1 Å². The standard InChI is InChI=1S/C16H22N4O2/c1-11-3-5-13(6-4-11)14(7-8-21)18-16(22)10-20-15(17)9-12(2)19-20/h3-6,9,14,21H,7-8,10,17H2,1-2H3,(H,18,22)/t14-/m0/s1. The van der Waals surface area contributed by atoms with Crippen LogP contribution in [0.2, 0.25) is 0 Å². The zero-order valence-electron chi connectivity index (χ0n) is 12.9. The van der Waals surface area contributed by atoms with Crippen molar-refractivity contribution in [3.63, 3.8) is 0 Å². The maximum Gasteiger partial charge on any atom is 0.242 e. The van der Waals surface area contributed by atoms with Crippen LogP contribution in [0.5, 0.6) is 0 Å². The summed E-state index contributed by atoms with van der Waals surface area (Å²) in [5, 5.41) is 16.3. The predicted molar refractivity (Wildman–Crippen MR) is 85.1 cm³/mol. The molecule has 1 aromatic heterocycles. The van der Waals surface area contributed by atoms with Crippen LogP contribution in [0.4, 0.5) is 5.82 Å². The number of aryl methyl sites for hydroxylation is 2. The molecule has 2 aromatic rings. The van der Waals surface area contributed by atoms with Crippen molar-refractivity contribution < 1.29 is 9.90 Å². The number of rotatable bonds is 6. The number of aromatic nitrogens is 2. The third-order valence-electron chi connectivity index (χ3n) is 3.46. The minimum Gasteiger partial charge on any atom is -0.396 e. The second-order valence-electron chi connectivity index (χ2n) is 5.41. The Hall–Kier alpha value is -2.34. The van der Waals surface area contributed by atoms with Gasteiger partial charge in [0, 0.05) is 12.7 Å². The van der Waals surface area contributed by atoms with Gasteiger partial charge in [0.05, 0.1) is 11.7 Å². The molecule has 0 fully saturated rings. The Morgan fingerprint density at radius 2 is 2.05 bits per heavy atom. The van der Waals surface area contributed by atoms with Crippen molar-refractivity contribution in [2.45, 2.75) is 32.9 Å².